The van der Waals surface area contributed by atoms with E-state index in [1.54, 1.807) is 12.3 Å². The van der Waals surface area contributed by atoms with Gasteiger partial charge in [-0.3, -0.25) is 9.59 Å². The molecule has 40 heavy (non-hydrogen) atoms. The van der Waals surface area contributed by atoms with E-state index < -0.39 is 6.04 Å². The van der Waals surface area contributed by atoms with Crippen LogP contribution in [0, 0.1) is 17.2 Å². The summed E-state index contributed by atoms with van der Waals surface area (Å²) in [6, 6.07) is 22.3. The van der Waals surface area contributed by atoms with Crippen molar-refractivity contribution >= 4 is 17.6 Å². The van der Waals surface area contributed by atoms with E-state index in [1.807, 2.05) is 65.6 Å². The number of amides is 2. The zero-order valence-corrected chi connectivity index (χ0v) is 22.8. The molecular formula is C32H35N5O3. The SMILES string of the molecule is CC(CNC(C(=O)Nc1ccc(OC2CCN(C(=O)C3CC3)CC2)cn1)c1ccccc1)c1ccc(C#N)cc1. The number of piperidine rings is 1. The second-order valence-corrected chi connectivity index (χ2v) is 10.7. The Morgan fingerprint density at radius 1 is 1.00 bits per heavy atom. The molecule has 2 heterocycles. The Bertz CT molecular complexity index is 1330. The van der Waals surface area contributed by atoms with Crippen LogP contribution in [0.25, 0.3) is 0 Å². The van der Waals surface area contributed by atoms with Gasteiger partial charge in [-0.25, -0.2) is 4.98 Å². The van der Waals surface area contributed by atoms with Gasteiger partial charge >= 0.3 is 0 Å². The monoisotopic (exact) mass is 537 g/mol. The van der Waals surface area contributed by atoms with Crippen molar-refractivity contribution in [2.75, 3.05) is 25.0 Å². The lowest BCUT2D eigenvalue weighted by Crippen LogP contribution is -2.42. The van der Waals surface area contributed by atoms with Crippen LogP contribution in [-0.2, 0) is 9.59 Å². The standard InChI is InChI=1S/C32H35N5O3/c1-22(24-9-7-23(19-33)8-10-24)20-35-30(25-5-3-2-4-6-25)31(38)36-29-14-13-28(21-34-29)40-27-15-17-37(18-16-27)32(39)26-11-12-26/h2-10,13-14,21-22,26-27,30,35H,11-12,15-18,20H2,1H3,(H,34,36,38). The van der Waals surface area contributed by atoms with Crippen LogP contribution in [0.5, 0.6) is 5.75 Å². The molecule has 8 heteroatoms. The number of hydrogen-bond acceptors (Lipinski definition) is 6. The fourth-order valence-electron chi connectivity index (χ4n) is 5.00. The lowest BCUT2D eigenvalue weighted by atomic mass is 9.98. The molecule has 206 valence electrons. The van der Waals surface area contributed by atoms with E-state index in [1.165, 1.54) is 0 Å². The second-order valence-electron chi connectivity index (χ2n) is 10.7. The Morgan fingerprint density at radius 3 is 2.35 bits per heavy atom. The Balaban J connectivity index is 1.16. The maximum Gasteiger partial charge on any atom is 0.247 e. The Kier molecular flexibility index (Phi) is 8.72. The zero-order valence-electron chi connectivity index (χ0n) is 22.8. The lowest BCUT2D eigenvalue weighted by molar-refractivity contribution is -0.134. The first kappa shape index (κ1) is 27.4. The predicted octanol–water partition coefficient (Wildman–Crippen LogP) is 4.81. The van der Waals surface area contributed by atoms with Crippen LogP contribution in [0.2, 0.25) is 0 Å². The van der Waals surface area contributed by atoms with Gasteiger partial charge in [-0.1, -0.05) is 49.4 Å². The highest BCUT2D eigenvalue weighted by molar-refractivity contribution is 5.94. The normalized spacial score (nSPS) is 16.9. The van der Waals surface area contributed by atoms with Gasteiger partial charge in [0, 0.05) is 38.4 Å². The van der Waals surface area contributed by atoms with Gasteiger partial charge in [0.15, 0.2) is 0 Å². The summed E-state index contributed by atoms with van der Waals surface area (Å²) in [6.45, 7) is 4.13. The van der Waals surface area contributed by atoms with E-state index in [2.05, 4.69) is 28.6 Å². The topological polar surface area (TPSA) is 107 Å². The highest BCUT2D eigenvalue weighted by atomic mass is 16.5. The summed E-state index contributed by atoms with van der Waals surface area (Å²) >= 11 is 0. The molecule has 1 saturated carbocycles. The van der Waals surface area contributed by atoms with Crippen LogP contribution in [0.1, 0.15) is 61.3 Å². The highest BCUT2D eigenvalue weighted by Crippen LogP contribution is 2.32. The van der Waals surface area contributed by atoms with Crippen molar-refractivity contribution in [3.8, 4) is 11.8 Å². The first-order valence-corrected chi connectivity index (χ1v) is 14.0. The first-order valence-electron chi connectivity index (χ1n) is 14.0. The minimum Gasteiger partial charge on any atom is -0.489 e. The van der Waals surface area contributed by atoms with Crippen molar-refractivity contribution < 1.29 is 14.3 Å². The van der Waals surface area contributed by atoms with Crippen molar-refractivity contribution in [1.29, 1.82) is 5.26 Å². The Morgan fingerprint density at radius 2 is 1.73 bits per heavy atom. The molecule has 1 aliphatic carbocycles. The number of hydrogen-bond donors (Lipinski definition) is 2. The van der Waals surface area contributed by atoms with Gasteiger partial charge in [0.25, 0.3) is 0 Å². The smallest absolute Gasteiger partial charge is 0.247 e. The minimum atomic E-state index is -0.566. The van der Waals surface area contributed by atoms with Crippen molar-refractivity contribution in [3.63, 3.8) is 0 Å². The van der Waals surface area contributed by atoms with E-state index >= 15 is 0 Å². The molecule has 2 N–H and O–H groups in total. The number of carbonyl (C=O) groups is 2. The van der Waals surface area contributed by atoms with E-state index in [9.17, 15) is 9.59 Å². The summed E-state index contributed by atoms with van der Waals surface area (Å²) < 4.78 is 6.11. The van der Waals surface area contributed by atoms with Crippen molar-refractivity contribution in [3.05, 3.63) is 89.6 Å². The van der Waals surface area contributed by atoms with Crippen LogP contribution >= 0.6 is 0 Å². The third-order valence-electron chi connectivity index (χ3n) is 7.60. The molecule has 2 amide bonds. The fraction of sp³-hybridized carbons (Fsp3) is 0.375. The molecule has 2 aromatic carbocycles. The molecule has 1 saturated heterocycles. The molecule has 2 aliphatic rings. The number of ether oxygens (including phenoxy) is 1. The Labute approximate surface area is 235 Å². The van der Waals surface area contributed by atoms with Gasteiger partial charge in [0.2, 0.25) is 11.8 Å². The van der Waals surface area contributed by atoms with Gasteiger partial charge in [0.1, 0.15) is 23.7 Å². The van der Waals surface area contributed by atoms with Gasteiger partial charge < -0.3 is 20.3 Å². The molecule has 5 rings (SSSR count). The number of pyridine rings is 1. The summed E-state index contributed by atoms with van der Waals surface area (Å²) in [6.07, 6.45) is 5.36. The molecule has 1 aliphatic heterocycles. The molecule has 0 radical (unpaired) electrons. The van der Waals surface area contributed by atoms with Crippen LogP contribution in [0.3, 0.4) is 0 Å². The summed E-state index contributed by atoms with van der Waals surface area (Å²) in [7, 11) is 0. The number of anilines is 1. The van der Waals surface area contributed by atoms with Crippen LogP contribution in [-0.4, -0.2) is 47.4 Å². The van der Waals surface area contributed by atoms with Gasteiger partial charge in [0.05, 0.1) is 17.8 Å². The third kappa shape index (κ3) is 7.04. The number of nitrogens with one attached hydrogen (secondary N) is 2. The zero-order chi connectivity index (χ0) is 27.9. The molecule has 3 aromatic rings. The second kappa shape index (κ2) is 12.8. The maximum absolute atomic E-state index is 13.4. The molecule has 8 nitrogen and oxygen atoms in total. The summed E-state index contributed by atoms with van der Waals surface area (Å²) in [5.41, 5.74) is 2.58. The average molecular weight is 538 g/mol. The van der Waals surface area contributed by atoms with Crippen LogP contribution < -0.4 is 15.4 Å². The van der Waals surface area contributed by atoms with Crippen molar-refractivity contribution in [2.24, 2.45) is 5.92 Å². The first-order chi connectivity index (χ1) is 19.5. The predicted molar refractivity (Wildman–Crippen MR) is 153 cm³/mol. The molecular weight excluding hydrogens is 502 g/mol. The van der Waals surface area contributed by atoms with Gasteiger partial charge in [-0.05, 0) is 54.2 Å². The highest BCUT2D eigenvalue weighted by Gasteiger charge is 2.35. The molecule has 0 bridgehead atoms. The maximum atomic E-state index is 13.4. The van der Waals surface area contributed by atoms with E-state index in [0.717, 1.165) is 49.9 Å². The largest absolute Gasteiger partial charge is 0.489 e. The number of likely N-dealkylation sites (tertiary alicyclic amines) is 1. The number of nitriles is 1. The summed E-state index contributed by atoms with van der Waals surface area (Å²) in [4.78, 5) is 32.0. The number of carbonyl (C=O) groups excluding carboxylic acids is 2. The summed E-state index contributed by atoms with van der Waals surface area (Å²) in [5, 5.41) is 15.4. The lowest BCUT2D eigenvalue weighted by Gasteiger charge is -2.32. The number of nitrogens with zero attached hydrogens (tertiary/aromatic N) is 3. The van der Waals surface area contributed by atoms with Crippen LogP contribution in [0.15, 0.2) is 72.9 Å². The van der Waals surface area contributed by atoms with Crippen LogP contribution in [0.4, 0.5) is 5.82 Å². The number of rotatable bonds is 10. The molecule has 2 fully saturated rings. The Hall–Kier alpha value is -4.22. The fourth-order valence-corrected chi connectivity index (χ4v) is 5.00. The molecule has 2 unspecified atom stereocenters. The van der Waals surface area contributed by atoms with E-state index in [4.69, 9.17) is 10.00 Å². The number of aromatic nitrogens is 1. The third-order valence-corrected chi connectivity index (χ3v) is 7.60. The van der Waals surface area contributed by atoms with Gasteiger partial charge in [-0.15, -0.1) is 0 Å². The van der Waals surface area contributed by atoms with Crippen molar-refractivity contribution in [1.82, 2.24) is 15.2 Å². The molecule has 1 aromatic heterocycles. The minimum absolute atomic E-state index is 0.0512. The van der Waals surface area contributed by atoms with E-state index in [0.29, 0.717) is 29.6 Å². The quantitative estimate of drug-likeness (QED) is 0.385. The van der Waals surface area contributed by atoms with E-state index in [-0.39, 0.29) is 23.8 Å². The van der Waals surface area contributed by atoms with Crippen molar-refractivity contribution in [2.45, 2.75) is 50.7 Å². The molecule has 2 atom stereocenters. The average Bonchev–Trinajstić information content (AvgIpc) is 3.85. The van der Waals surface area contributed by atoms with Gasteiger partial charge in [-0.2, -0.15) is 5.26 Å². The summed E-state index contributed by atoms with van der Waals surface area (Å²) in [5.74, 6) is 1.59. The molecule has 0 spiro atoms. The number of benzene rings is 2.